The summed E-state index contributed by atoms with van der Waals surface area (Å²) in [5.41, 5.74) is 5.88. The van der Waals surface area contributed by atoms with Crippen LogP contribution < -0.4 is 5.32 Å². The van der Waals surface area contributed by atoms with Crippen LogP contribution in [0.1, 0.15) is 47.6 Å². The minimum atomic E-state index is -0.0233. The van der Waals surface area contributed by atoms with Crippen molar-refractivity contribution in [3.8, 4) is 0 Å². The second kappa shape index (κ2) is 8.58. The van der Waals surface area contributed by atoms with Gasteiger partial charge in [0.25, 0.3) is 0 Å². The lowest BCUT2D eigenvalue weighted by molar-refractivity contribution is -0.121. The van der Waals surface area contributed by atoms with Crippen molar-refractivity contribution < 1.29 is 4.79 Å². The summed E-state index contributed by atoms with van der Waals surface area (Å²) in [6, 6.07) is 27.0. The molecule has 0 unspecified atom stereocenters. The SMILES string of the molecule is Cc1ccc([C@@H](CC(=O)N[C@@H](C)c2ccccc2)c2cn(C)c3ccccc23)cc1. The van der Waals surface area contributed by atoms with E-state index in [0.29, 0.717) is 6.42 Å². The number of aromatic nitrogens is 1. The van der Waals surface area contributed by atoms with E-state index in [1.54, 1.807) is 0 Å². The minimum absolute atomic E-state index is 0.000302. The number of hydrogen-bond donors (Lipinski definition) is 1. The third-order valence-electron chi connectivity index (χ3n) is 5.85. The molecular weight excluding hydrogens is 368 g/mol. The van der Waals surface area contributed by atoms with Gasteiger partial charge in [0.2, 0.25) is 5.91 Å². The Morgan fingerprint density at radius 3 is 2.30 bits per heavy atom. The molecule has 4 aromatic rings. The van der Waals surface area contributed by atoms with Crippen LogP contribution in [-0.4, -0.2) is 10.5 Å². The van der Waals surface area contributed by atoms with E-state index >= 15 is 0 Å². The fraction of sp³-hybridized carbons (Fsp3) is 0.222. The first-order valence-corrected chi connectivity index (χ1v) is 10.5. The Morgan fingerprint density at radius 1 is 0.900 bits per heavy atom. The van der Waals surface area contributed by atoms with Crippen molar-refractivity contribution in [2.24, 2.45) is 7.05 Å². The van der Waals surface area contributed by atoms with E-state index in [1.165, 1.54) is 27.6 Å². The van der Waals surface area contributed by atoms with Crippen LogP contribution >= 0.6 is 0 Å². The average Bonchev–Trinajstić information content (AvgIpc) is 3.10. The number of nitrogens with one attached hydrogen (secondary N) is 1. The quantitative estimate of drug-likeness (QED) is 0.433. The summed E-state index contributed by atoms with van der Waals surface area (Å²) in [6.07, 6.45) is 2.58. The highest BCUT2D eigenvalue weighted by atomic mass is 16.1. The number of para-hydroxylation sites is 1. The predicted molar refractivity (Wildman–Crippen MR) is 124 cm³/mol. The number of rotatable bonds is 6. The summed E-state index contributed by atoms with van der Waals surface area (Å²) in [7, 11) is 2.07. The van der Waals surface area contributed by atoms with Crippen molar-refractivity contribution in [2.75, 3.05) is 0 Å². The van der Waals surface area contributed by atoms with Crippen molar-refractivity contribution in [1.29, 1.82) is 0 Å². The lowest BCUT2D eigenvalue weighted by Gasteiger charge is -2.20. The summed E-state index contributed by atoms with van der Waals surface area (Å²) >= 11 is 0. The number of carbonyl (C=O) groups is 1. The highest BCUT2D eigenvalue weighted by Crippen LogP contribution is 2.34. The summed E-state index contributed by atoms with van der Waals surface area (Å²) in [4.78, 5) is 13.1. The Morgan fingerprint density at radius 2 is 1.57 bits per heavy atom. The molecule has 0 aliphatic heterocycles. The van der Waals surface area contributed by atoms with Gasteiger partial charge in [0.05, 0.1) is 6.04 Å². The normalized spacial score (nSPS) is 13.2. The summed E-state index contributed by atoms with van der Waals surface area (Å²) in [5, 5.41) is 4.39. The molecule has 1 heterocycles. The number of hydrogen-bond acceptors (Lipinski definition) is 1. The van der Waals surface area contributed by atoms with Crippen molar-refractivity contribution >= 4 is 16.8 Å². The van der Waals surface area contributed by atoms with E-state index in [0.717, 1.165) is 5.56 Å². The lowest BCUT2D eigenvalue weighted by Crippen LogP contribution is -2.28. The largest absolute Gasteiger partial charge is 0.350 e. The molecule has 3 aromatic carbocycles. The molecule has 2 atom stereocenters. The van der Waals surface area contributed by atoms with Crippen LogP contribution in [0.2, 0.25) is 0 Å². The molecule has 3 heteroatoms. The Labute approximate surface area is 178 Å². The summed E-state index contributed by atoms with van der Waals surface area (Å²) < 4.78 is 2.15. The van der Waals surface area contributed by atoms with Crippen LogP contribution in [0.3, 0.4) is 0 Å². The van der Waals surface area contributed by atoms with E-state index in [4.69, 9.17) is 0 Å². The first-order chi connectivity index (χ1) is 14.5. The molecule has 3 nitrogen and oxygen atoms in total. The molecule has 0 aliphatic rings. The van der Waals surface area contributed by atoms with Crippen molar-refractivity contribution in [3.63, 3.8) is 0 Å². The van der Waals surface area contributed by atoms with Gasteiger partial charge in [-0.3, -0.25) is 4.79 Å². The van der Waals surface area contributed by atoms with E-state index in [2.05, 4.69) is 78.6 Å². The highest BCUT2D eigenvalue weighted by molar-refractivity contribution is 5.86. The fourth-order valence-electron chi connectivity index (χ4n) is 4.17. The number of carbonyl (C=O) groups excluding carboxylic acids is 1. The Balaban J connectivity index is 1.66. The van der Waals surface area contributed by atoms with Gasteiger partial charge in [0.15, 0.2) is 0 Å². The Hall–Kier alpha value is -3.33. The van der Waals surface area contributed by atoms with Crippen molar-refractivity contribution in [2.45, 2.75) is 32.2 Å². The van der Waals surface area contributed by atoms with Gasteiger partial charge in [0.1, 0.15) is 0 Å². The molecule has 1 amide bonds. The molecule has 0 aliphatic carbocycles. The molecule has 0 fully saturated rings. The molecule has 1 N–H and O–H groups in total. The first-order valence-electron chi connectivity index (χ1n) is 10.5. The predicted octanol–water partition coefficient (Wildman–Crippen LogP) is 5.89. The van der Waals surface area contributed by atoms with Crippen LogP contribution in [0.5, 0.6) is 0 Å². The van der Waals surface area contributed by atoms with Gasteiger partial charge in [-0.25, -0.2) is 0 Å². The van der Waals surface area contributed by atoms with E-state index in [9.17, 15) is 4.79 Å². The number of amides is 1. The second-order valence-corrected chi connectivity index (χ2v) is 8.08. The Kier molecular flexibility index (Phi) is 5.71. The van der Waals surface area contributed by atoms with Gasteiger partial charge < -0.3 is 9.88 Å². The molecule has 0 saturated heterocycles. The van der Waals surface area contributed by atoms with Gasteiger partial charge >= 0.3 is 0 Å². The number of benzene rings is 3. The van der Waals surface area contributed by atoms with Crippen LogP contribution in [0.15, 0.2) is 85.1 Å². The highest BCUT2D eigenvalue weighted by Gasteiger charge is 2.23. The molecule has 152 valence electrons. The van der Waals surface area contributed by atoms with E-state index in [1.807, 2.05) is 37.3 Å². The van der Waals surface area contributed by atoms with E-state index in [-0.39, 0.29) is 17.9 Å². The van der Waals surface area contributed by atoms with Crippen molar-refractivity contribution in [3.05, 3.63) is 107 Å². The molecule has 0 radical (unpaired) electrons. The maximum Gasteiger partial charge on any atom is 0.221 e. The zero-order valence-corrected chi connectivity index (χ0v) is 17.8. The standard InChI is InChI=1S/C27H28N2O/c1-19-13-15-22(16-14-19)24(25-18-29(3)26-12-8-7-11-23(25)26)17-27(30)28-20(2)21-9-5-4-6-10-21/h4-16,18,20,24H,17H2,1-3H3,(H,28,30)/t20-,24+/m0/s1. The maximum absolute atomic E-state index is 13.1. The third-order valence-corrected chi connectivity index (χ3v) is 5.85. The van der Waals surface area contributed by atoms with Crippen LogP contribution in [0.4, 0.5) is 0 Å². The summed E-state index contributed by atoms with van der Waals surface area (Å²) in [5.74, 6) is 0.0598. The number of fused-ring (bicyclic) bond motifs is 1. The number of nitrogens with zero attached hydrogens (tertiary/aromatic N) is 1. The van der Waals surface area contributed by atoms with Gasteiger partial charge in [-0.05, 0) is 36.6 Å². The molecule has 4 rings (SSSR count). The molecule has 0 saturated carbocycles. The van der Waals surface area contributed by atoms with Crippen LogP contribution in [0.25, 0.3) is 10.9 Å². The van der Waals surface area contributed by atoms with Gasteiger partial charge in [0, 0.05) is 36.5 Å². The van der Waals surface area contributed by atoms with Gasteiger partial charge in [-0.1, -0.05) is 78.4 Å². The van der Waals surface area contributed by atoms with Crippen LogP contribution in [0, 0.1) is 6.92 Å². The second-order valence-electron chi connectivity index (χ2n) is 8.08. The zero-order valence-electron chi connectivity index (χ0n) is 17.8. The average molecular weight is 397 g/mol. The Bertz CT molecular complexity index is 1140. The number of aryl methyl sites for hydroxylation is 2. The molecule has 1 aromatic heterocycles. The molecule has 30 heavy (non-hydrogen) atoms. The van der Waals surface area contributed by atoms with Gasteiger partial charge in [-0.15, -0.1) is 0 Å². The zero-order chi connectivity index (χ0) is 21.1. The molecule has 0 spiro atoms. The third kappa shape index (κ3) is 4.16. The fourth-order valence-corrected chi connectivity index (χ4v) is 4.17. The smallest absolute Gasteiger partial charge is 0.221 e. The molecule has 0 bridgehead atoms. The van der Waals surface area contributed by atoms with Crippen molar-refractivity contribution in [1.82, 2.24) is 9.88 Å². The summed E-state index contributed by atoms with van der Waals surface area (Å²) in [6.45, 7) is 4.12. The minimum Gasteiger partial charge on any atom is -0.350 e. The molecular formula is C27H28N2O. The van der Waals surface area contributed by atoms with Gasteiger partial charge in [-0.2, -0.15) is 0 Å². The van der Waals surface area contributed by atoms with E-state index < -0.39 is 0 Å². The topological polar surface area (TPSA) is 34.0 Å². The monoisotopic (exact) mass is 396 g/mol. The first kappa shape index (κ1) is 20.0. The van der Waals surface area contributed by atoms with Crippen LogP contribution in [-0.2, 0) is 11.8 Å². The maximum atomic E-state index is 13.1. The lowest BCUT2D eigenvalue weighted by atomic mass is 9.87.